The van der Waals surface area contributed by atoms with Crippen molar-refractivity contribution in [2.75, 3.05) is 58.7 Å². The summed E-state index contributed by atoms with van der Waals surface area (Å²) in [5.41, 5.74) is 13.7. The molecule has 2 saturated heterocycles. The Kier molecular flexibility index (Phi) is 21.1. The van der Waals surface area contributed by atoms with Crippen LogP contribution >= 0.6 is 0 Å². The summed E-state index contributed by atoms with van der Waals surface area (Å²) >= 11 is 0. The normalized spacial score (nSPS) is 15.1. The molecule has 2 N–H and O–H groups in total. The van der Waals surface area contributed by atoms with Crippen molar-refractivity contribution in [3.8, 4) is 45.4 Å². The minimum Gasteiger partial charge on any atom is -0.484 e. The lowest BCUT2D eigenvalue weighted by molar-refractivity contribution is -0.139. The Labute approximate surface area is 549 Å². The van der Waals surface area contributed by atoms with Gasteiger partial charge in [-0.2, -0.15) is 0 Å². The third-order valence-corrected chi connectivity index (χ3v) is 17.5. The van der Waals surface area contributed by atoms with E-state index < -0.39 is 28.5 Å². The minimum absolute atomic E-state index is 0.00200. The molecule has 0 aliphatic carbocycles. The third-order valence-electron chi connectivity index (χ3n) is 16.9. The number of carboxylic acid groups (broad SMARTS) is 1. The number of carbonyl (C=O) groups excluding carboxylic acids is 3. The van der Waals surface area contributed by atoms with E-state index in [0.29, 0.717) is 55.1 Å². The highest BCUT2D eigenvalue weighted by Gasteiger charge is 2.36. The molecule has 16 nitrogen and oxygen atoms in total. The van der Waals surface area contributed by atoms with Gasteiger partial charge in [0, 0.05) is 87.2 Å². The van der Waals surface area contributed by atoms with Crippen molar-refractivity contribution >= 4 is 33.7 Å². The average molecular weight is 1280 g/mol. The maximum atomic E-state index is 14.8. The number of para-hydroxylation sites is 2. The van der Waals surface area contributed by atoms with E-state index in [1.54, 1.807) is 24.3 Å². The molecule has 2 aliphatic rings. The molecule has 12 rings (SSSR count). The molecular weight excluding hydrogens is 1200 g/mol. The summed E-state index contributed by atoms with van der Waals surface area (Å²) in [5.74, 6) is -0.781. The number of nitrogens with zero attached hydrogens (tertiary/aromatic N) is 6. The number of rotatable bonds is 21. The number of carbonyl (C=O) groups is 4. The Balaban J connectivity index is 0.000000192. The Morgan fingerprint density at radius 2 is 0.809 bits per heavy atom. The molecule has 2 fully saturated rings. The number of hydrogen-bond acceptors (Lipinski definition) is 10. The Morgan fingerprint density at radius 3 is 1.17 bits per heavy atom. The molecule has 0 radical (unpaired) electrons. The SMILES string of the molecule is Cc1cc(C(=O)N2CCN(Cc3ccccc3)CC2Cc2ccc(OCC(=O)O)cc2)c(-c2ccccc2)n1-c1ccccc1.Cc1cc(C(=O)N2CCN(Cc3ccccc3)C[C@H]2Cc2ccc(OCC(=O)NS(C)(=O)=O)cc2)c(-c2ccccc2)n1-c1ccccc1. The number of amides is 3. The third kappa shape index (κ3) is 16.6. The van der Waals surface area contributed by atoms with Crippen LogP contribution in [0.25, 0.3) is 33.9 Å². The number of hydrogen-bond donors (Lipinski definition) is 2. The fourth-order valence-corrected chi connectivity index (χ4v) is 13.2. The van der Waals surface area contributed by atoms with Gasteiger partial charge in [0.05, 0.1) is 28.8 Å². The first-order valence-electron chi connectivity index (χ1n) is 31.6. The first kappa shape index (κ1) is 65.2. The van der Waals surface area contributed by atoms with Crippen LogP contribution in [0, 0.1) is 13.8 Å². The zero-order valence-corrected chi connectivity index (χ0v) is 53.9. The van der Waals surface area contributed by atoms with Crippen LogP contribution in [0.3, 0.4) is 0 Å². The van der Waals surface area contributed by atoms with Gasteiger partial charge in [-0.25, -0.2) is 13.2 Å². The molecule has 0 saturated carbocycles. The van der Waals surface area contributed by atoms with Gasteiger partial charge in [-0.15, -0.1) is 0 Å². The van der Waals surface area contributed by atoms with E-state index in [-0.39, 0.29) is 30.5 Å². The molecule has 2 atom stereocenters. The predicted octanol–water partition coefficient (Wildman–Crippen LogP) is 12.0. The van der Waals surface area contributed by atoms with Crippen LogP contribution in [-0.2, 0) is 45.5 Å². The number of piperazine rings is 2. The number of ether oxygens (including phenoxy) is 2. The van der Waals surface area contributed by atoms with Crippen molar-refractivity contribution in [1.82, 2.24) is 33.5 Å². The van der Waals surface area contributed by atoms with Crippen molar-refractivity contribution < 1.29 is 42.2 Å². The number of sulfonamides is 1. The van der Waals surface area contributed by atoms with Gasteiger partial charge in [-0.1, -0.05) is 182 Å². The van der Waals surface area contributed by atoms with Crippen molar-refractivity contribution in [1.29, 1.82) is 0 Å². The Hall–Kier alpha value is -10.3. The van der Waals surface area contributed by atoms with E-state index in [0.717, 1.165) is 95.4 Å². The van der Waals surface area contributed by atoms with Crippen LogP contribution < -0.4 is 14.2 Å². The summed E-state index contributed by atoms with van der Waals surface area (Å²) in [4.78, 5) is 61.2. The second-order valence-electron chi connectivity index (χ2n) is 23.9. The average Bonchev–Trinajstić information content (AvgIpc) is 1.61. The lowest BCUT2D eigenvalue weighted by Gasteiger charge is -2.42. The standard InChI is InChI=1S/C39H40N4O5S.C38H37N3O4/c1-29-24-36(38(32-14-8-4-9-15-32)43(29)33-16-10-5-11-17-33)39(45)42-23-22-41(26-31-12-6-3-7-13-31)27-34(42)25-30-18-20-35(21-19-30)48-28-37(44)40-49(2,46)47;1-28-23-35(37(31-13-7-3-8-14-31)41(28)32-15-9-4-10-16-32)38(44)40-22-21-39(25-30-11-5-2-6-12-30)26-33(40)24-29-17-19-34(20-18-29)45-27-36(42)43/h3-21,24,34H,22-23,25-28H2,1-2H3,(H,40,44);2-20,23,33H,21-22,24-27H2,1H3,(H,42,43)/t34-;/m1./s1. The van der Waals surface area contributed by atoms with E-state index in [1.807, 2.05) is 155 Å². The number of aliphatic carboxylic acids is 1. The molecule has 2 aliphatic heterocycles. The van der Waals surface area contributed by atoms with Gasteiger partial charge in [0.25, 0.3) is 17.7 Å². The van der Waals surface area contributed by atoms with Crippen LogP contribution in [0.2, 0.25) is 0 Å². The number of nitrogens with one attached hydrogen (secondary N) is 1. The summed E-state index contributed by atoms with van der Waals surface area (Å²) in [6, 6.07) is 80.1. The molecule has 8 aromatic carbocycles. The number of benzene rings is 8. The van der Waals surface area contributed by atoms with E-state index in [4.69, 9.17) is 14.6 Å². The van der Waals surface area contributed by atoms with Crippen LogP contribution in [0.4, 0.5) is 0 Å². The first-order chi connectivity index (χ1) is 45.6. The predicted molar refractivity (Wildman–Crippen MR) is 367 cm³/mol. The molecule has 94 heavy (non-hydrogen) atoms. The van der Waals surface area contributed by atoms with Gasteiger partial charge in [0.2, 0.25) is 10.0 Å². The summed E-state index contributed by atoms with van der Waals surface area (Å²) in [5, 5.41) is 8.96. The first-order valence-corrected chi connectivity index (χ1v) is 33.5. The van der Waals surface area contributed by atoms with Crippen LogP contribution in [0.1, 0.15) is 54.4 Å². The Bertz CT molecular complexity index is 4290. The molecule has 17 heteroatoms. The fraction of sp³-hybridized carbons (Fsp3) is 0.221. The molecule has 0 spiro atoms. The number of aromatic nitrogens is 2. The molecular formula is C77H77N7O9S. The van der Waals surface area contributed by atoms with Gasteiger partial charge < -0.3 is 33.5 Å². The summed E-state index contributed by atoms with van der Waals surface area (Å²) in [7, 11) is -3.66. The fourth-order valence-electron chi connectivity index (χ4n) is 12.7. The van der Waals surface area contributed by atoms with Crippen LogP contribution in [0.15, 0.2) is 243 Å². The van der Waals surface area contributed by atoms with Crippen molar-refractivity contribution in [3.05, 3.63) is 287 Å². The van der Waals surface area contributed by atoms with Crippen molar-refractivity contribution in [2.45, 2.75) is 51.9 Å². The van der Waals surface area contributed by atoms with Crippen molar-refractivity contribution in [2.24, 2.45) is 0 Å². The quantitative estimate of drug-likeness (QED) is 0.0700. The Morgan fingerprint density at radius 1 is 0.457 bits per heavy atom. The molecule has 3 amide bonds. The maximum Gasteiger partial charge on any atom is 0.341 e. The van der Waals surface area contributed by atoms with Gasteiger partial charge >= 0.3 is 5.97 Å². The molecule has 10 aromatic rings. The van der Waals surface area contributed by atoms with Gasteiger partial charge in [0.15, 0.2) is 13.2 Å². The largest absolute Gasteiger partial charge is 0.484 e. The highest BCUT2D eigenvalue weighted by atomic mass is 32.2. The number of aryl methyl sites for hydroxylation is 2. The summed E-state index contributed by atoms with van der Waals surface area (Å²) in [6.45, 7) is 9.05. The van der Waals surface area contributed by atoms with E-state index in [1.165, 1.54) is 11.1 Å². The van der Waals surface area contributed by atoms with E-state index in [9.17, 15) is 27.6 Å². The zero-order valence-electron chi connectivity index (χ0n) is 53.0. The van der Waals surface area contributed by atoms with Gasteiger partial charge in [-0.05, 0) is 121 Å². The second-order valence-corrected chi connectivity index (χ2v) is 25.6. The zero-order chi connectivity index (χ0) is 65.6. The molecule has 480 valence electrons. The molecule has 2 aromatic heterocycles. The lowest BCUT2D eigenvalue weighted by Crippen LogP contribution is -2.55. The van der Waals surface area contributed by atoms with E-state index in [2.05, 4.69) is 111 Å². The van der Waals surface area contributed by atoms with Crippen molar-refractivity contribution in [3.63, 3.8) is 0 Å². The highest BCUT2D eigenvalue weighted by molar-refractivity contribution is 7.89. The summed E-state index contributed by atoms with van der Waals surface area (Å²) in [6.07, 6.45) is 2.20. The molecule has 0 bridgehead atoms. The molecule has 4 heterocycles. The smallest absolute Gasteiger partial charge is 0.341 e. The lowest BCUT2D eigenvalue weighted by atomic mass is 9.99. The van der Waals surface area contributed by atoms with Crippen LogP contribution in [0.5, 0.6) is 11.5 Å². The van der Waals surface area contributed by atoms with Gasteiger partial charge in [0.1, 0.15) is 11.5 Å². The minimum atomic E-state index is -3.66. The topological polar surface area (TPSA) is 176 Å². The van der Waals surface area contributed by atoms with Gasteiger partial charge in [-0.3, -0.25) is 28.9 Å². The highest BCUT2D eigenvalue weighted by Crippen LogP contribution is 2.36. The number of carboxylic acids is 1. The monoisotopic (exact) mass is 1280 g/mol. The maximum absolute atomic E-state index is 14.8. The van der Waals surface area contributed by atoms with Crippen LogP contribution in [-0.4, -0.2) is 137 Å². The van der Waals surface area contributed by atoms with E-state index >= 15 is 0 Å². The second kappa shape index (κ2) is 30.4. The molecule has 1 unspecified atom stereocenters. The summed E-state index contributed by atoms with van der Waals surface area (Å²) < 4.78 is 39.8.